The fourth-order valence-corrected chi connectivity index (χ4v) is 4.98. The third-order valence-electron chi connectivity index (χ3n) is 2.96. The summed E-state index contributed by atoms with van der Waals surface area (Å²) in [5.41, 5.74) is 0. The molecule has 1 fully saturated rings. The van der Waals surface area contributed by atoms with Gasteiger partial charge in [-0.15, -0.1) is 22.9 Å². The first-order valence-corrected chi connectivity index (χ1v) is 8.57. The van der Waals surface area contributed by atoms with Gasteiger partial charge in [0.05, 0.1) is 10.8 Å². The third kappa shape index (κ3) is 2.84. The molecule has 3 nitrogen and oxygen atoms in total. The molecule has 1 aromatic rings. The van der Waals surface area contributed by atoms with Gasteiger partial charge in [0.15, 0.2) is 0 Å². The van der Waals surface area contributed by atoms with E-state index in [1.807, 2.05) is 6.92 Å². The molecular weight excluding hydrogens is 278 g/mol. The van der Waals surface area contributed by atoms with Crippen LogP contribution in [-0.2, 0) is 15.9 Å². The first-order chi connectivity index (χ1) is 8.09. The van der Waals surface area contributed by atoms with Crippen molar-refractivity contribution in [1.82, 2.24) is 4.31 Å². The van der Waals surface area contributed by atoms with E-state index in [0.29, 0.717) is 23.9 Å². The Morgan fingerprint density at radius 2 is 2.24 bits per heavy atom. The van der Waals surface area contributed by atoms with Gasteiger partial charge in [0.25, 0.3) is 0 Å². The van der Waals surface area contributed by atoms with E-state index >= 15 is 0 Å². The Morgan fingerprint density at radius 3 is 2.76 bits per heavy atom. The Hall–Kier alpha value is -0.100. The van der Waals surface area contributed by atoms with Crippen molar-refractivity contribution < 1.29 is 8.42 Å². The van der Waals surface area contributed by atoms with Crippen LogP contribution in [0.4, 0.5) is 0 Å². The normalized spacial score (nSPS) is 16.6. The van der Waals surface area contributed by atoms with Crippen LogP contribution in [0.2, 0.25) is 0 Å². The van der Waals surface area contributed by atoms with Crippen LogP contribution >= 0.6 is 22.9 Å². The molecule has 2 rings (SSSR count). The van der Waals surface area contributed by atoms with Crippen molar-refractivity contribution in [2.75, 3.05) is 13.1 Å². The molecule has 0 spiro atoms. The van der Waals surface area contributed by atoms with Crippen LogP contribution in [0.25, 0.3) is 0 Å². The maximum Gasteiger partial charge on any atom is 0.244 e. The molecule has 0 radical (unpaired) electrons. The molecule has 0 aromatic carbocycles. The number of alkyl halides is 1. The maximum absolute atomic E-state index is 12.4. The predicted molar refractivity (Wildman–Crippen MR) is 71.0 cm³/mol. The van der Waals surface area contributed by atoms with Crippen LogP contribution in [0, 0.1) is 5.92 Å². The summed E-state index contributed by atoms with van der Waals surface area (Å²) in [5.74, 6) is 0.815. The highest BCUT2D eigenvalue weighted by atomic mass is 35.5. The van der Waals surface area contributed by atoms with E-state index in [4.69, 9.17) is 11.6 Å². The molecule has 0 saturated heterocycles. The lowest BCUT2D eigenvalue weighted by Gasteiger charge is -2.20. The number of thiophene rings is 1. The Morgan fingerprint density at radius 1 is 1.53 bits per heavy atom. The topological polar surface area (TPSA) is 37.4 Å². The average molecular weight is 294 g/mol. The monoisotopic (exact) mass is 293 g/mol. The fraction of sp³-hybridized carbons (Fsp3) is 0.636. The Labute approximate surface area is 111 Å². The maximum atomic E-state index is 12.4. The minimum Gasteiger partial charge on any atom is -0.207 e. The third-order valence-corrected chi connectivity index (χ3v) is 6.46. The van der Waals surface area contributed by atoms with E-state index in [9.17, 15) is 8.42 Å². The second kappa shape index (κ2) is 5.26. The second-order valence-corrected chi connectivity index (χ2v) is 7.41. The van der Waals surface area contributed by atoms with Crippen molar-refractivity contribution in [1.29, 1.82) is 0 Å². The van der Waals surface area contributed by atoms with E-state index in [1.165, 1.54) is 11.3 Å². The molecule has 0 atom stereocenters. The molecule has 0 bridgehead atoms. The molecule has 17 heavy (non-hydrogen) atoms. The van der Waals surface area contributed by atoms with Gasteiger partial charge in [-0.3, -0.25) is 0 Å². The number of nitrogens with zero attached hydrogens (tertiary/aromatic N) is 1. The molecule has 0 unspecified atom stereocenters. The largest absolute Gasteiger partial charge is 0.244 e. The Balaban J connectivity index is 2.26. The van der Waals surface area contributed by atoms with Crippen LogP contribution in [0.15, 0.2) is 16.3 Å². The lowest BCUT2D eigenvalue weighted by molar-refractivity contribution is 0.412. The van der Waals surface area contributed by atoms with Gasteiger partial charge in [0, 0.05) is 18.0 Å². The van der Waals surface area contributed by atoms with Crippen molar-refractivity contribution in [3.05, 3.63) is 16.3 Å². The van der Waals surface area contributed by atoms with Gasteiger partial charge >= 0.3 is 0 Å². The smallest absolute Gasteiger partial charge is 0.207 e. The van der Waals surface area contributed by atoms with E-state index in [0.717, 1.165) is 17.7 Å². The summed E-state index contributed by atoms with van der Waals surface area (Å²) in [4.78, 5) is 1.13. The van der Waals surface area contributed by atoms with Crippen LogP contribution in [0.1, 0.15) is 24.6 Å². The zero-order chi connectivity index (χ0) is 12.5. The summed E-state index contributed by atoms with van der Waals surface area (Å²) in [6.07, 6.45) is 2.30. The highest BCUT2D eigenvalue weighted by Crippen LogP contribution is 2.33. The molecule has 0 amide bonds. The van der Waals surface area contributed by atoms with Gasteiger partial charge in [0.1, 0.15) is 0 Å². The molecule has 1 heterocycles. The van der Waals surface area contributed by atoms with E-state index in [2.05, 4.69) is 0 Å². The van der Waals surface area contributed by atoms with Gasteiger partial charge in [-0.1, -0.05) is 6.92 Å². The first kappa shape index (κ1) is 13.3. The molecule has 0 aliphatic heterocycles. The van der Waals surface area contributed by atoms with Crippen molar-refractivity contribution in [2.24, 2.45) is 5.92 Å². The van der Waals surface area contributed by atoms with E-state index in [1.54, 1.807) is 15.8 Å². The van der Waals surface area contributed by atoms with Gasteiger partial charge in [-0.05, 0) is 30.2 Å². The number of sulfonamides is 1. The highest BCUT2D eigenvalue weighted by molar-refractivity contribution is 7.89. The molecule has 1 aliphatic rings. The fourth-order valence-electron chi connectivity index (χ4n) is 1.78. The summed E-state index contributed by atoms with van der Waals surface area (Å²) >= 11 is 7.17. The quantitative estimate of drug-likeness (QED) is 0.756. The van der Waals surface area contributed by atoms with Crippen LogP contribution < -0.4 is 0 Å². The van der Waals surface area contributed by atoms with Crippen molar-refractivity contribution >= 4 is 33.0 Å². The molecule has 1 aliphatic carbocycles. The Bertz CT molecular complexity index is 479. The van der Waals surface area contributed by atoms with Crippen molar-refractivity contribution in [3.8, 4) is 0 Å². The highest BCUT2D eigenvalue weighted by Gasteiger charge is 2.32. The molecule has 1 aromatic heterocycles. The first-order valence-electron chi connectivity index (χ1n) is 5.72. The van der Waals surface area contributed by atoms with Crippen molar-refractivity contribution in [2.45, 2.75) is 30.5 Å². The summed E-state index contributed by atoms with van der Waals surface area (Å²) < 4.78 is 26.5. The van der Waals surface area contributed by atoms with Crippen LogP contribution in [0.5, 0.6) is 0 Å². The summed E-state index contributed by atoms with van der Waals surface area (Å²) in [6, 6.07) is 1.66. The zero-order valence-electron chi connectivity index (χ0n) is 9.73. The average Bonchev–Trinajstić information content (AvgIpc) is 2.99. The standard InChI is InChI=1S/C11H16ClNO2S2/c1-2-13(8-9-3-4-9)17(14,15)11-5-6-16-10(11)7-12/h5-6,9H,2-4,7-8H2,1H3. The van der Waals surface area contributed by atoms with E-state index in [-0.39, 0.29) is 5.88 Å². The Kier molecular flexibility index (Phi) is 4.13. The minimum absolute atomic E-state index is 0.257. The minimum atomic E-state index is -3.35. The lowest BCUT2D eigenvalue weighted by atomic mass is 10.4. The molecular formula is C11H16ClNO2S2. The van der Waals surface area contributed by atoms with Gasteiger partial charge < -0.3 is 0 Å². The molecule has 0 N–H and O–H groups in total. The molecule has 1 saturated carbocycles. The molecule has 96 valence electrons. The zero-order valence-corrected chi connectivity index (χ0v) is 12.1. The van der Waals surface area contributed by atoms with Gasteiger partial charge in [-0.25, -0.2) is 8.42 Å². The number of halogens is 1. The molecule has 6 heteroatoms. The van der Waals surface area contributed by atoms with Crippen molar-refractivity contribution in [3.63, 3.8) is 0 Å². The van der Waals surface area contributed by atoms with Crippen LogP contribution in [-0.4, -0.2) is 25.8 Å². The summed E-state index contributed by atoms with van der Waals surface area (Å²) in [6.45, 7) is 3.06. The van der Waals surface area contributed by atoms with Gasteiger partial charge in [-0.2, -0.15) is 4.31 Å². The number of hydrogen-bond donors (Lipinski definition) is 0. The van der Waals surface area contributed by atoms with Gasteiger partial charge in [0.2, 0.25) is 10.0 Å². The van der Waals surface area contributed by atoms with Crippen LogP contribution in [0.3, 0.4) is 0 Å². The summed E-state index contributed by atoms with van der Waals surface area (Å²) in [5, 5.41) is 1.79. The lowest BCUT2D eigenvalue weighted by Crippen LogP contribution is -2.33. The predicted octanol–water partition coefficient (Wildman–Crippen LogP) is 2.91. The summed E-state index contributed by atoms with van der Waals surface area (Å²) in [7, 11) is -3.35. The SMILES string of the molecule is CCN(CC1CC1)S(=O)(=O)c1ccsc1CCl. The second-order valence-electron chi connectivity index (χ2n) is 4.24. The number of hydrogen-bond acceptors (Lipinski definition) is 3. The van der Waals surface area contributed by atoms with E-state index < -0.39 is 10.0 Å². The number of rotatable bonds is 6.